The predicted octanol–water partition coefficient (Wildman–Crippen LogP) is -1.74. The summed E-state index contributed by atoms with van der Waals surface area (Å²) in [5.41, 5.74) is 0.914. The summed E-state index contributed by atoms with van der Waals surface area (Å²) in [6, 6.07) is 11.5. The van der Waals surface area contributed by atoms with Gasteiger partial charge < -0.3 is 21.7 Å². The molecule has 19 heavy (non-hydrogen) atoms. The van der Waals surface area contributed by atoms with Gasteiger partial charge in [-0.15, -0.1) is 0 Å². The first-order valence-electron chi connectivity index (χ1n) is 5.79. The molecular weight excluding hydrogens is 310 g/mol. The Morgan fingerprint density at radius 3 is 2.58 bits per heavy atom. The molecule has 0 fully saturated rings. The Balaban J connectivity index is 0.00000180. The molecule has 100 valence electrons. The van der Waals surface area contributed by atoms with Gasteiger partial charge in [-0.2, -0.15) is 4.57 Å². The van der Waals surface area contributed by atoms with Gasteiger partial charge in [-0.05, 0) is 19.1 Å². The van der Waals surface area contributed by atoms with Crippen LogP contribution in [0, 0.1) is 0 Å². The number of pyridine rings is 1. The third-order valence-electron chi connectivity index (χ3n) is 2.61. The number of nitrogens with zero attached hydrogens (tertiary/aromatic N) is 1. The third-order valence-corrected chi connectivity index (χ3v) is 2.61. The van der Waals surface area contributed by atoms with Gasteiger partial charge in [0.1, 0.15) is 0 Å². The fourth-order valence-electron chi connectivity index (χ4n) is 1.79. The summed E-state index contributed by atoms with van der Waals surface area (Å²) in [6.07, 6.45) is 1.78. The first kappa shape index (κ1) is 15.3. The monoisotopic (exact) mass is 323 g/mol. The van der Waals surface area contributed by atoms with Crippen LogP contribution in [0.15, 0.2) is 42.6 Å². The number of aromatic nitrogens is 1. The molecular formula is C14H14BrNO3. The molecule has 5 heteroatoms. The van der Waals surface area contributed by atoms with Crippen molar-refractivity contribution < 1.29 is 35.9 Å². The van der Waals surface area contributed by atoms with Crippen LogP contribution < -0.4 is 21.5 Å². The van der Waals surface area contributed by atoms with E-state index in [-0.39, 0.29) is 30.1 Å². The van der Waals surface area contributed by atoms with E-state index in [1.54, 1.807) is 17.7 Å². The Labute approximate surface area is 121 Å². The van der Waals surface area contributed by atoms with Crippen molar-refractivity contribution in [1.29, 1.82) is 0 Å². The van der Waals surface area contributed by atoms with Crippen molar-refractivity contribution in [2.45, 2.75) is 13.5 Å². The largest absolute Gasteiger partial charge is 1.00 e. The summed E-state index contributed by atoms with van der Waals surface area (Å²) in [6.45, 7) is 1.89. The summed E-state index contributed by atoms with van der Waals surface area (Å²) >= 11 is 0. The minimum absolute atomic E-state index is 0. The Hall–Kier alpha value is -1.75. The molecule has 0 saturated carbocycles. The number of hydrogen-bond donors (Lipinski definition) is 0. The second-order valence-corrected chi connectivity index (χ2v) is 3.84. The minimum Gasteiger partial charge on any atom is -1.00 e. The first-order valence-corrected chi connectivity index (χ1v) is 5.79. The van der Waals surface area contributed by atoms with Gasteiger partial charge in [0.25, 0.3) is 0 Å². The zero-order valence-corrected chi connectivity index (χ0v) is 12.1. The number of para-hydroxylation sites is 1. The molecule has 0 aliphatic carbocycles. The molecule has 0 radical (unpaired) electrons. The van der Waals surface area contributed by atoms with Crippen molar-refractivity contribution in [1.82, 2.24) is 0 Å². The zero-order valence-electron chi connectivity index (χ0n) is 10.5. The number of benzene rings is 1. The van der Waals surface area contributed by atoms with Crippen molar-refractivity contribution in [3.05, 3.63) is 42.6 Å². The number of esters is 1. The van der Waals surface area contributed by atoms with E-state index in [1.165, 1.54) is 0 Å². The molecule has 0 aliphatic heterocycles. The highest BCUT2D eigenvalue weighted by Crippen LogP contribution is 2.07. The average Bonchev–Trinajstić information content (AvgIpc) is 2.39. The van der Waals surface area contributed by atoms with E-state index in [4.69, 9.17) is 0 Å². The Morgan fingerprint density at radius 1 is 1.16 bits per heavy atom. The van der Waals surface area contributed by atoms with E-state index in [9.17, 15) is 9.59 Å². The van der Waals surface area contributed by atoms with Crippen LogP contribution in [0.1, 0.15) is 6.92 Å². The molecule has 0 bridgehead atoms. The number of carbonyl (C=O) groups is 2. The molecule has 1 aromatic carbocycles. The summed E-state index contributed by atoms with van der Waals surface area (Å²) in [4.78, 5) is 22.9. The van der Waals surface area contributed by atoms with Gasteiger partial charge in [-0.3, -0.25) is 4.79 Å². The van der Waals surface area contributed by atoms with Crippen molar-refractivity contribution in [2.75, 3.05) is 6.61 Å². The molecule has 2 aromatic rings. The fourth-order valence-corrected chi connectivity index (χ4v) is 1.79. The lowest BCUT2D eigenvalue weighted by molar-refractivity contribution is -0.657. The maximum atomic E-state index is 11.7. The highest BCUT2D eigenvalue weighted by atomic mass is 79.9. The third kappa shape index (κ3) is 3.61. The smallest absolute Gasteiger partial charge is 0.381 e. The molecule has 0 amide bonds. The molecule has 0 unspecified atom stereocenters. The van der Waals surface area contributed by atoms with E-state index in [2.05, 4.69) is 4.74 Å². The van der Waals surface area contributed by atoms with Gasteiger partial charge in [0.2, 0.25) is 12.1 Å². The van der Waals surface area contributed by atoms with E-state index in [1.807, 2.05) is 36.4 Å². The fraction of sp³-hybridized carbons (Fsp3) is 0.214. The predicted molar refractivity (Wildman–Crippen MR) is 65.8 cm³/mol. The van der Waals surface area contributed by atoms with Gasteiger partial charge in [0.15, 0.2) is 6.20 Å². The van der Waals surface area contributed by atoms with E-state index in [0.717, 1.165) is 10.9 Å². The van der Waals surface area contributed by atoms with E-state index in [0.29, 0.717) is 0 Å². The molecule has 0 atom stereocenters. The quantitative estimate of drug-likeness (QED) is 0.381. The number of ether oxygens (including phenoxy) is 1. The lowest BCUT2D eigenvalue weighted by Gasteiger charge is -2.01. The lowest BCUT2D eigenvalue weighted by atomic mass is 10.2. The molecule has 0 saturated heterocycles. The molecule has 0 N–H and O–H groups in total. The zero-order chi connectivity index (χ0) is 13.0. The maximum absolute atomic E-state index is 11.7. The van der Waals surface area contributed by atoms with Crippen molar-refractivity contribution >= 4 is 22.7 Å². The second-order valence-electron chi connectivity index (χ2n) is 3.84. The minimum atomic E-state index is -0.780. The lowest BCUT2D eigenvalue weighted by Crippen LogP contribution is -3.00. The number of fused-ring (bicyclic) bond motifs is 1. The van der Waals surface area contributed by atoms with Gasteiger partial charge in [-0.1, -0.05) is 12.1 Å². The van der Waals surface area contributed by atoms with Gasteiger partial charge in [0, 0.05) is 17.5 Å². The molecule has 2 rings (SSSR count). The summed E-state index contributed by atoms with van der Waals surface area (Å²) in [5.74, 6) is -1.32. The number of carbonyl (C=O) groups excluding carboxylic acids is 2. The van der Waals surface area contributed by atoms with Gasteiger partial charge in [-0.25, -0.2) is 4.79 Å². The Kier molecular flexibility index (Phi) is 5.63. The van der Waals surface area contributed by atoms with E-state index < -0.39 is 11.8 Å². The van der Waals surface area contributed by atoms with Crippen molar-refractivity contribution in [3.63, 3.8) is 0 Å². The summed E-state index contributed by atoms with van der Waals surface area (Å²) in [7, 11) is 0. The van der Waals surface area contributed by atoms with Crippen LogP contribution in [0.2, 0.25) is 0 Å². The maximum Gasteiger partial charge on any atom is 0.381 e. The molecule has 1 heterocycles. The standard InChI is InChI=1S/C14H14NO3.BrH/c1-2-18-14(17)13(16)10-15-9-5-7-11-6-3-4-8-12(11)15;/h3-9H,2,10H2,1H3;1H/q+1;/p-1. The van der Waals surface area contributed by atoms with Crippen LogP contribution in [-0.2, 0) is 20.9 Å². The SMILES string of the molecule is CCOC(=O)C(=O)C[n+]1cccc2ccccc21.[Br-]. The van der Waals surface area contributed by atoms with Gasteiger partial charge >= 0.3 is 11.8 Å². The van der Waals surface area contributed by atoms with Crippen LogP contribution in [0.3, 0.4) is 0 Å². The van der Waals surface area contributed by atoms with Crippen LogP contribution in [0.4, 0.5) is 0 Å². The number of Topliss-reactive ketones (excluding diaryl/α,β-unsaturated/α-hetero) is 1. The highest BCUT2D eigenvalue weighted by Gasteiger charge is 2.21. The van der Waals surface area contributed by atoms with Gasteiger partial charge in [0.05, 0.1) is 6.61 Å². The molecule has 4 nitrogen and oxygen atoms in total. The number of halogens is 1. The Bertz CT molecular complexity index is 593. The normalized spacial score (nSPS) is 9.74. The second kappa shape index (κ2) is 6.99. The molecule has 0 aliphatic rings. The van der Waals surface area contributed by atoms with Crippen LogP contribution >= 0.6 is 0 Å². The van der Waals surface area contributed by atoms with E-state index >= 15 is 0 Å². The number of ketones is 1. The summed E-state index contributed by atoms with van der Waals surface area (Å²) < 4.78 is 6.43. The Morgan fingerprint density at radius 2 is 1.84 bits per heavy atom. The van der Waals surface area contributed by atoms with Crippen molar-refractivity contribution in [3.8, 4) is 0 Å². The average molecular weight is 324 g/mol. The molecule has 0 spiro atoms. The molecule has 1 aromatic heterocycles. The van der Waals surface area contributed by atoms with Crippen molar-refractivity contribution in [2.24, 2.45) is 0 Å². The number of hydrogen-bond acceptors (Lipinski definition) is 3. The van der Waals surface area contributed by atoms with Crippen LogP contribution in [0.25, 0.3) is 10.9 Å². The topological polar surface area (TPSA) is 47.3 Å². The summed E-state index contributed by atoms with van der Waals surface area (Å²) in [5, 5.41) is 1.02. The first-order chi connectivity index (χ1) is 8.72. The number of rotatable bonds is 4. The van der Waals surface area contributed by atoms with Crippen LogP contribution in [0.5, 0.6) is 0 Å². The van der Waals surface area contributed by atoms with Crippen LogP contribution in [-0.4, -0.2) is 18.4 Å². The highest BCUT2D eigenvalue weighted by molar-refractivity contribution is 6.33.